The van der Waals surface area contributed by atoms with Crippen LogP contribution in [0.3, 0.4) is 0 Å². The highest BCUT2D eigenvalue weighted by molar-refractivity contribution is 9.10. The fourth-order valence-corrected chi connectivity index (χ4v) is 5.35. The standard InChI is InChI=1S/C25H23BrN2O5S/c1-5-33-24(31)20-14(3)27-25-28(21(20)16-8-6-13(2)7-9-16)23(30)19(34-25)12-15-10-17(26)22(29)18(11-15)32-4/h6-12,21,29H,5H2,1-4H3/b19-12-/t21-/m0/s1. The van der Waals surface area contributed by atoms with Crippen molar-refractivity contribution >= 4 is 39.3 Å². The van der Waals surface area contributed by atoms with Crippen LogP contribution in [-0.2, 0) is 9.53 Å². The van der Waals surface area contributed by atoms with Crippen molar-refractivity contribution in [3.63, 3.8) is 0 Å². The number of hydrogen-bond donors (Lipinski definition) is 1. The van der Waals surface area contributed by atoms with Crippen LogP contribution in [0, 0.1) is 6.92 Å². The maximum Gasteiger partial charge on any atom is 0.338 e. The zero-order chi connectivity index (χ0) is 24.6. The van der Waals surface area contributed by atoms with E-state index in [9.17, 15) is 14.7 Å². The molecule has 1 aromatic heterocycles. The number of allylic oxidation sites excluding steroid dienone is 1. The summed E-state index contributed by atoms with van der Waals surface area (Å²) < 4.78 is 13.0. The first-order valence-electron chi connectivity index (χ1n) is 10.6. The Labute approximate surface area is 208 Å². The zero-order valence-corrected chi connectivity index (χ0v) is 21.5. The molecule has 1 atom stereocenters. The molecule has 1 aliphatic rings. The number of fused-ring (bicyclic) bond motifs is 1. The molecule has 7 nitrogen and oxygen atoms in total. The van der Waals surface area contributed by atoms with Crippen LogP contribution in [-0.4, -0.2) is 29.4 Å². The third kappa shape index (κ3) is 4.33. The van der Waals surface area contributed by atoms with E-state index in [1.165, 1.54) is 18.4 Å². The Kier molecular flexibility index (Phi) is 6.77. The molecule has 1 aliphatic heterocycles. The Morgan fingerprint density at radius 2 is 1.97 bits per heavy atom. The van der Waals surface area contributed by atoms with Crippen LogP contribution in [0.2, 0.25) is 0 Å². The lowest BCUT2D eigenvalue weighted by Crippen LogP contribution is -2.39. The lowest BCUT2D eigenvalue weighted by Gasteiger charge is -2.24. The van der Waals surface area contributed by atoms with Gasteiger partial charge in [0.25, 0.3) is 5.56 Å². The summed E-state index contributed by atoms with van der Waals surface area (Å²) in [5.74, 6) is -0.225. The van der Waals surface area contributed by atoms with Crippen LogP contribution in [0.4, 0.5) is 0 Å². The molecule has 0 saturated carbocycles. The molecular weight excluding hydrogens is 520 g/mol. The summed E-state index contributed by atoms with van der Waals surface area (Å²) in [4.78, 5) is 31.6. The first-order valence-corrected chi connectivity index (χ1v) is 12.2. The Balaban J connectivity index is 1.95. The molecule has 3 aromatic rings. The van der Waals surface area contributed by atoms with Crippen LogP contribution < -0.4 is 19.6 Å². The molecule has 0 radical (unpaired) electrons. The highest BCUT2D eigenvalue weighted by Gasteiger charge is 2.33. The number of hydrogen-bond acceptors (Lipinski definition) is 7. The van der Waals surface area contributed by atoms with Crippen LogP contribution in [0.5, 0.6) is 11.5 Å². The maximum atomic E-state index is 13.6. The Bertz CT molecular complexity index is 1490. The van der Waals surface area contributed by atoms with Crippen molar-refractivity contribution in [1.29, 1.82) is 0 Å². The number of aromatic nitrogens is 1. The van der Waals surface area contributed by atoms with Gasteiger partial charge in [-0.25, -0.2) is 9.79 Å². The van der Waals surface area contributed by atoms with E-state index in [1.54, 1.807) is 36.6 Å². The van der Waals surface area contributed by atoms with E-state index in [-0.39, 0.29) is 23.7 Å². The van der Waals surface area contributed by atoms with Crippen molar-refractivity contribution in [2.45, 2.75) is 26.8 Å². The van der Waals surface area contributed by atoms with Gasteiger partial charge in [-0.15, -0.1) is 0 Å². The van der Waals surface area contributed by atoms with E-state index < -0.39 is 12.0 Å². The number of carbonyl (C=O) groups is 1. The number of rotatable bonds is 5. The molecule has 0 aliphatic carbocycles. The second kappa shape index (κ2) is 9.60. The number of esters is 1. The number of benzene rings is 2. The Morgan fingerprint density at radius 3 is 2.62 bits per heavy atom. The summed E-state index contributed by atoms with van der Waals surface area (Å²) in [6.07, 6.45) is 1.71. The number of aromatic hydroxyl groups is 1. The molecule has 0 unspecified atom stereocenters. The smallest absolute Gasteiger partial charge is 0.338 e. The summed E-state index contributed by atoms with van der Waals surface area (Å²) in [5, 5.41) is 10.1. The first kappa shape index (κ1) is 24.0. The lowest BCUT2D eigenvalue weighted by molar-refractivity contribution is -0.139. The van der Waals surface area contributed by atoms with Crippen molar-refractivity contribution in [2.75, 3.05) is 13.7 Å². The number of nitrogens with zero attached hydrogens (tertiary/aromatic N) is 2. The monoisotopic (exact) mass is 542 g/mol. The highest BCUT2D eigenvalue weighted by Crippen LogP contribution is 2.35. The molecule has 0 amide bonds. The summed E-state index contributed by atoms with van der Waals surface area (Å²) in [6.45, 7) is 5.70. The molecule has 2 aromatic carbocycles. The minimum atomic E-state index is -0.654. The number of halogens is 1. The van der Waals surface area contributed by atoms with Gasteiger partial charge in [0.05, 0.1) is 40.0 Å². The van der Waals surface area contributed by atoms with Crippen LogP contribution >= 0.6 is 27.3 Å². The van der Waals surface area contributed by atoms with Crippen molar-refractivity contribution in [3.8, 4) is 11.5 Å². The topological polar surface area (TPSA) is 90.1 Å². The predicted octanol–water partition coefficient (Wildman–Crippen LogP) is 3.58. The van der Waals surface area contributed by atoms with E-state index in [0.29, 0.717) is 30.6 Å². The van der Waals surface area contributed by atoms with Crippen LogP contribution in [0.1, 0.15) is 36.6 Å². The molecule has 176 valence electrons. The van der Waals surface area contributed by atoms with E-state index in [1.807, 2.05) is 31.2 Å². The second-order valence-corrected chi connectivity index (χ2v) is 9.63. The molecule has 9 heteroatoms. The van der Waals surface area contributed by atoms with Gasteiger partial charge in [-0.1, -0.05) is 41.2 Å². The number of carbonyl (C=O) groups excluding carboxylic acids is 1. The minimum Gasteiger partial charge on any atom is -0.503 e. The SMILES string of the molecule is CCOC(=O)C1=C(C)N=c2s/c(=C\c3cc(Br)c(O)c(OC)c3)c(=O)n2[C@H]1c1ccc(C)cc1. The average Bonchev–Trinajstić information content (AvgIpc) is 3.10. The normalized spacial score (nSPS) is 15.7. The van der Waals surface area contributed by atoms with E-state index in [2.05, 4.69) is 20.9 Å². The van der Waals surface area contributed by atoms with Crippen LogP contribution in [0.15, 0.2) is 61.9 Å². The van der Waals surface area contributed by atoms with E-state index in [0.717, 1.165) is 11.1 Å². The zero-order valence-electron chi connectivity index (χ0n) is 19.1. The van der Waals surface area contributed by atoms with Gasteiger partial charge in [0.2, 0.25) is 0 Å². The van der Waals surface area contributed by atoms with Gasteiger partial charge in [-0.3, -0.25) is 9.36 Å². The molecule has 2 heterocycles. The predicted molar refractivity (Wildman–Crippen MR) is 134 cm³/mol. The third-order valence-corrected chi connectivity index (χ3v) is 7.07. The second-order valence-electron chi connectivity index (χ2n) is 7.77. The maximum absolute atomic E-state index is 13.6. The van der Waals surface area contributed by atoms with Gasteiger partial charge >= 0.3 is 5.97 Å². The van der Waals surface area contributed by atoms with E-state index >= 15 is 0 Å². The number of ether oxygens (including phenoxy) is 2. The molecule has 34 heavy (non-hydrogen) atoms. The van der Waals surface area contributed by atoms with E-state index in [4.69, 9.17) is 9.47 Å². The lowest BCUT2D eigenvalue weighted by atomic mass is 9.95. The molecule has 0 saturated heterocycles. The van der Waals surface area contributed by atoms with Crippen molar-refractivity contribution in [3.05, 3.63) is 88.5 Å². The number of aryl methyl sites for hydroxylation is 1. The number of phenolic OH excluding ortho intramolecular Hbond substituents is 1. The molecule has 4 rings (SSSR count). The van der Waals surface area contributed by atoms with Crippen molar-refractivity contribution in [1.82, 2.24) is 4.57 Å². The summed E-state index contributed by atoms with van der Waals surface area (Å²) in [5.41, 5.74) is 3.13. The first-order chi connectivity index (χ1) is 16.2. The largest absolute Gasteiger partial charge is 0.503 e. The fraction of sp³-hybridized carbons (Fsp3) is 0.240. The third-order valence-electron chi connectivity index (χ3n) is 5.48. The van der Waals surface area contributed by atoms with Crippen LogP contribution in [0.25, 0.3) is 6.08 Å². The summed E-state index contributed by atoms with van der Waals surface area (Å²) >= 11 is 4.55. The molecule has 0 spiro atoms. The highest BCUT2D eigenvalue weighted by atomic mass is 79.9. The summed E-state index contributed by atoms with van der Waals surface area (Å²) in [7, 11) is 1.46. The van der Waals surface area contributed by atoms with Crippen molar-refractivity contribution < 1.29 is 19.4 Å². The van der Waals surface area contributed by atoms with Gasteiger partial charge in [0, 0.05) is 0 Å². The van der Waals surface area contributed by atoms with Gasteiger partial charge in [-0.05, 0) is 66.0 Å². The summed E-state index contributed by atoms with van der Waals surface area (Å²) in [6, 6.07) is 10.4. The quantitative estimate of drug-likeness (QED) is 0.497. The number of phenols is 1. The molecule has 1 N–H and O–H groups in total. The number of methoxy groups -OCH3 is 1. The van der Waals surface area contributed by atoms with Gasteiger partial charge < -0.3 is 14.6 Å². The van der Waals surface area contributed by atoms with Gasteiger partial charge in [0.1, 0.15) is 0 Å². The number of thiazole rings is 1. The minimum absolute atomic E-state index is 0.0183. The average molecular weight is 543 g/mol. The Morgan fingerprint density at radius 1 is 1.26 bits per heavy atom. The fourth-order valence-electron chi connectivity index (χ4n) is 3.84. The molecule has 0 bridgehead atoms. The Hall–Kier alpha value is -3.17. The molecular formula is C25H23BrN2O5S. The van der Waals surface area contributed by atoms with Crippen molar-refractivity contribution in [2.24, 2.45) is 4.99 Å². The van der Waals surface area contributed by atoms with Gasteiger partial charge in [-0.2, -0.15) is 0 Å². The molecule has 0 fully saturated rings. The van der Waals surface area contributed by atoms with Gasteiger partial charge in [0.15, 0.2) is 16.3 Å².